The monoisotopic (exact) mass is 359 g/mol. The molecule has 110 valence electrons. The lowest BCUT2D eigenvalue weighted by atomic mass is 10.1. The molecule has 0 bridgehead atoms. The Balaban J connectivity index is 2.51. The Bertz CT molecular complexity index is 703. The van der Waals surface area contributed by atoms with E-state index in [1.165, 1.54) is 13.1 Å². The molecule has 1 heterocycles. The van der Waals surface area contributed by atoms with E-state index in [-0.39, 0.29) is 11.1 Å². The molecular weight excluding hydrogens is 353 g/mol. The summed E-state index contributed by atoms with van der Waals surface area (Å²) in [6.45, 7) is 0. The molecule has 0 spiro atoms. The average molecular weight is 360 g/mol. The minimum Gasteiger partial charge on any atom is -0.408 e. The molecule has 2 aromatic rings. The van der Waals surface area contributed by atoms with Gasteiger partial charge in [0.2, 0.25) is 0 Å². The molecule has 1 unspecified atom stereocenters. The third kappa shape index (κ3) is 2.23. The summed E-state index contributed by atoms with van der Waals surface area (Å²) < 4.78 is 69.2. The smallest absolute Gasteiger partial charge is 0.408 e. The first-order chi connectivity index (χ1) is 9.05. The maximum atomic E-state index is 13.2. The first-order valence-electron chi connectivity index (χ1n) is 5.24. The summed E-state index contributed by atoms with van der Waals surface area (Å²) in [7, 11) is 1.39. The van der Waals surface area contributed by atoms with Gasteiger partial charge in [-0.3, -0.25) is 4.57 Å². The van der Waals surface area contributed by atoms with Crippen molar-refractivity contribution in [3.05, 3.63) is 34.3 Å². The summed E-state index contributed by atoms with van der Waals surface area (Å²) >= 11 is 2.36. The maximum Gasteiger partial charge on any atom is 0.454 e. The van der Waals surface area contributed by atoms with E-state index in [1.807, 2.05) is 0 Å². The Morgan fingerprint density at radius 1 is 1.25 bits per heavy atom. The van der Waals surface area contributed by atoms with Crippen LogP contribution in [0, 0.1) is 0 Å². The zero-order valence-electron chi connectivity index (χ0n) is 9.84. The van der Waals surface area contributed by atoms with Crippen LogP contribution in [-0.4, -0.2) is 16.7 Å². The minimum absolute atomic E-state index is 0.0579. The average Bonchev–Trinajstić information content (AvgIpc) is 2.62. The van der Waals surface area contributed by atoms with Crippen LogP contribution in [0.1, 0.15) is 10.4 Å². The highest BCUT2D eigenvalue weighted by atomic mass is 79.9. The molecule has 0 saturated carbocycles. The van der Waals surface area contributed by atoms with Crippen molar-refractivity contribution < 1.29 is 26.4 Å². The van der Waals surface area contributed by atoms with E-state index in [9.17, 15) is 26.7 Å². The van der Waals surface area contributed by atoms with Crippen LogP contribution in [0.2, 0.25) is 0 Å². The van der Waals surface area contributed by atoms with Crippen LogP contribution in [0.3, 0.4) is 0 Å². The van der Waals surface area contributed by atoms with Crippen LogP contribution >= 0.6 is 15.9 Å². The van der Waals surface area contributed by atoms with Gasteiger partial charge >= 0.3 is 17.9 Å². The van der Waals surface area contributed by atoms with Gasteiger partial charge in [-0.25, -0.2) is 4.79 Å². The van der Waals surface area contributed by atoms with Crippen LogP contribution < -0.4 is 5.76 Å². The molecule has 0 saturated heterocycles. The molecule has 0 radical (unpaired) electrons. The predicted octanol–water partition coefficient (Wildman–Crippen LogP) is 3.77. The Morgan fingerprint density at radius 3 is 2.40 bits per heavy atom. The van der Waals surface area contributed by atoms with Crippen LogP contribution in [0.25, 0.3) is 11.1 Å². The third-order valence-corrected chi connectivity index (χ3v) is 3.91. The SMILES string of the molecule is Cn1c(=O)oc2cc(C(Br)C(F)(F)C(F)(F)F)ccc21. The van der Waals surface area contributed by atoms with Gasteiger partial charge < -0.3 is 4.42 Å². The lowest BCUT2D eigenvalue weighted by Crippen LogP contribution is -2.39. The van der Waals surface area contributed by atoms with E-state index in [1.54, 1.807) is 0 Å². The second-order valence-electron chi connectivity index (χ2n) is 4.14. The number of aryl methyl sites for hydroxylation is 1. The van der Waals surface area contributed by atoms with Crippen molar-refractivity contribution in [3.8, 4) is 0 Å². The van der Waals surface area contributed by atoms with Crippen LogP contribution in [0.5, 0.6) is 0 Å². The van der Waals surface area contributed by atoms with E-state index in [2.05, 4.69) is 15.9 Å². The standard InChI is InChI=1S/C11H7BrF5NO2/c1-18-6-3-2-5(4-7(6)20-9(18)19)8(12)10(13,14)11(15,16)17/h2-4,8H,1H3. The van der Waals surface area contributed by atoms with Gasteiger partial charge in [0, 0.05) is 7.05 Å². The number of rotatable bonds is 2. The van der Waals surface area contributed by atoms with Crippen molar-refractivity contribution in [1.29, 1.82) is 0 Å². The molecule has 3 nitrogen and oxygen atoms in total. The number of halogens is 6. The van der Waals surface area contributed by atoms with Crippen molar-refractivity contribution in [2.45, 2.75) is 16.9 Å². The first kappa shape index (κ1) is 15.0. The van der Waals surface area contributed by atoms with Gasteiger partial charge in [-0.2, -0.15) is 22.0 Å². The lowest BCUT2D eigenvalue weighted by molar-refractivity contribution is -0.281. The molecule has 0 N–H and O–H groups in total. The second-order valence-corrected chi connectivity index (χ2v) is 5.05. The van der Waals surface area contributed by atoms with E-state index in [0.29, 0.717) is 5.52 Å². The van der Waals surface area contributed by atoms with Gasteiger partial charge in [-0.1, -0.05) is 22.0 Å². The number of hydrogen-bond acceptors (Lipinski definition) is 2. The topological polar surface area (TPSA) is 35.1 Å². The van der Waals surface area contributed by atoms with Crippen LogP contribution in [0.4, 0.5) is 22.0 Å². The zero-order chi connectivity index (χ0) is 15.3. The summed E-state index contributed by atoms with van der Waals surface area (Å²) in [6, 6.07) is 3.31. The number of benzene rings is 1. The molecule has 2 rings (SSSR count). The fourth-order valence-corrected chi connectivity index (χ4v) is 2.21. The van der Waals surface area contributed by atoms with Crippen LogP contribution in [0.15, 0.2) is 27.4 Å². The summed E-state index contributed by atoms with van der Waals surface area (Å²) in [5, 5.41) is 0. The van der Waals surface area contributed by atoms with Gasteiger partial charge in [0.1, 0.15) is 4.83 Å². The minimum atomic E-state index is -5.69. The fourth-order valence-electron chi connectivity index (χ4n) is 1.66. The Hall–Kier alpha value is -1.38. The molecule has 1 aromatic heterocycles. The van der Waals surface area contributed by atoms with Gasteiger partial charge in [0.25, 0.3) is 0 Å². The molecule has 1 aromatic carbocycles. The Kier molecular flexibility index (Phi) is 3.43. The molecule has 1 atom stereocenters. The van der Waals surface area contributed by atoms with E-state index in [0.717, 1.165) is 16.7 Å². The van der Waals surface area contributed by atoms with Crippen molar-refractivity contribution in [1.82, 2.24) is 4.57 Å². The van der Waals surface area contributed by atoms with Crippen molar-refractivity contribution >= 4 is 27.0 Å². The number of fused-ring (bicyclic) bond motifs is 1. The first-order valence-corrected chi connectivity index (χ1v) is 6.15. The van der Waals surface area contributed by atoms with Gasteiger partial charge in [0.05, 0.1) is 5.52 Å². The molecule has 0 fully saturated rings. The molecule has 9 heteroatoms. The number of oxazole rings is 1. The van der Waals surface area contributed by atoms with Gasteiger partial charge in [-0.05, 0) is 17.7 Å². The van der Waals surface area contributed by atoms with Gasteiger partial charge in [0.15, 0.2) is 5.58 Å². The number of hydrogen-bond donors (Lipinski definition) is 0. The van der Waals surface area contributed by atoms with Crippen LogP contribution in [-0.2, 0) is 7.05 Å². The highest BCUT2D eigenvalue weighted by Crippen LogP contribution is 2.49. The maximum absolute atomic E-state index is 13.2. The van der Waals surface area contributed by atoms with E-state index >= 15 is 0 Å². The highest BCUT2D eigenvalue weighted by molar-refractivity contribution is 9.09. The molecule has 0 aliphatic heterocycles. The number of aromatic nitrogens is 1. The number of alkyl halides is 6. The second kappa shape index (κ2) is 4.57. The van der Waals surface area contributed by atoms with Crippen molar-refractivity contribution in [2.24, 2.45) is 7.05 Å². The predicted molar refractivity (Wildman–Crippen MR) is 64.1 cm³/mol. The molecule has 20 heavy (non-hydrogen) atoms. The summed E-state index contributed by atoms with van der Waals surface area (Å²) in [6.07, 6.45) is -5.69. The van der Waals surface area contributed by atoms with Crippen molar-refractivity contribution in [3.63, 3.8) is 0 Å². The largest absolute Gasteiger partial charge is 0.454 e. The van der Waals surface area contributed by atoms with Crippen molar-refractivity contribution in [2.75, 3.05) is 0 Å². The Morgan fingerprint density at radius 2 is 1.85 bits per heavy atom. The normalized spacial score (nSPS) is 14.8. The summed E-state index contributed by atoms with van der Waals surface area (Å²) in [5.74, 6) is -5.68. The number of nitrogens with zero attached hydrogens (tertiary/aromatic N) is 1. The molecule has 0 amide bonds. The highest BCUT2D eigenvalue weighted by Gasteiger charge is 2.62. The summed E-state index contributed by atoms with van der Waals surface area (Å²) in [5.41, 5.74) is -0.0969. The summed E-state index contributed by atoms with van der Waals surface area (Å²) in [4.78, 5) is 8.96. The quantitative estimate of drug-likeness (QED) is 0.604. The van der Waals surface area contributed by atoms with Gasteiger partial charge in [-0.15, -0.1) is 0 Å². The van der Waals surface area contributed by atoms with E-state index in [4.69, 9.17) is 4.42 Å². The third-order valence-electron chi connectivity index (χ3n) is 2.81. The van der Waals surface area contributed by atoms with E-state index < -0.39 is 22.7 Å². The lowest BCUT2D eigenvalue weighted by Gasteiger charge is -2.24. The Labute approximate surface area is 117 Å². The molecule has 0 aliphatic rings. The molecule has 0 aliphatic carbocycles. The fraction of sp³-hybridized carbons (Fsp3) is 0.364. The zero-order valence-corrected chi connectivity index (χ0v) is 11.4. The molecular formula is C11H7BrF5NO2.